The Kier molecular flexibility index (Phi) is 9.93. The van der Waals surface area contributed by atoms with Gasteiger partial charge in [0.05, 0.1) is 0 Å². The summed E-state index contributed by atoms with van der Waals surface area (Å²) in [5.41, 5.74) is 4.25. The Labute approximate surface area is 221 Å². The Morgan fingerprint density at radius 2 is 1.08 bits per heavy atom. The van der Waals surface area contributed by atoms with Crippen molar-refractivity contribution in [1.82, 2.24) is 4.90 Å². The van der Waals surface area contributed by atoms with Crippen molar-refractivity contribution < 1.29 is 42.5 Å². The van der Waals surface area contributed by atoms with E-state index in [1.807, 2.05) is 50.2 Å². The van der Waals surface area contributed by atoms with Crippen LogP contribution in [0, 0.1) is 0 Å². The van der Waals surface area contributed by atoms with Gasteiger partial charge in [-0.15, -0.1) is 0 Å². The van der Waals surface area contributed by atoms with Gasteiger partial charge in [0.25, 0.3) is 0 Å². The normalized spacial score (nSPS) is 12.7. The fourth-order valence-corrected chi connectivity index (χ4v) is 4.57. The van der Waals surface area contributed by atoms with Crippen LogP contribution in [0.4, 0.5) is 0 Å². The highest BCUT2D eigenvalue weighted by Gasteiger charge is 2.19. The lowest BCUT2D eigenvalue weighted by atomic mass is 9.88. The number of ether oxygens (including phenoxy) is 1. The number of hydrogen-bond acceptors (Lipinski definition) is 6. The Bertz CT molecular complexity index is 1330. The predicted octanol–water partition coefficient (Wildman–Crippen LogP) is 4.94. The van der Waals surface area contributed by atoms with Crippen molar-refractivity contribution in [2.45, 2.75) is 13.3 Å². The summed E-state index contributed by atoms with van der Waals surface area (Å²) in [4.78, 5) is 38.4. The summed E-state index contributed by atoms with van der Waals surface area (Å²) in [7, 11) is -5.44. The monoisotopic (exact) mass is 563 g/mol. The third-order valence-corrected chi connectivity index (χ3v) is 6.30. The molecular formula is C26H31NO9P2. The highest BCUT2D eigenvalue weighted by molar-refractivity contribution is 7.47. The van der Waals surface area contributed by atoms with Gasteiger partial charge in [0.1, 0.15) is 23.9 Å². The number of hydrogen-bond donors (Lipinski definition) is 4. The number of phosphoric ester groups is 2. The summed E-state index contributed by atoms with van der Waals surface area (Å²) < 4.78 is 37.6. The van der Waals surface area contributed by atoms with Crippen LogP contribution in [0.2, 0.25) is 0 Å². The quantitative estimate of drug-likeness (QED) is 0.177. The molecule has 0 spiro atoms. The molecule has 38 heavy (non-hydrogen) atoms. The molecule has 0 aliphatic carbocycles. The van der Waals surface area contributed by atoms with E-state index in [0.717, 1.165) is 40.1 Å². The van der Waals surface area contributed by atoms with Crippen LogP contribution < -0.4 is 13.8 Å². The van der Waals surface area contributed by atoms with E-state index < -0.39 is 15.6 Å². The molecule has 0 unspecified atom stereocenters. The van der Waals surface area contributed by atoms with E-state index in [-0.39, 0.29) is 11.5 Å². The predicted molar refractivity (Wildman–Crippen MR) is 145 cm³/mol. The minimum absolute atomic E-state index is 0.0306. The van der Waals surface area contributed by atoms with Crippen LogP contribution in [0.15, 0.2) is 72.8 Å². The molecule has 0 saturated carbocycles. The molecule has 0 radical (unpaired) electrons. The van der Waals surface area contributed by atoms with E-state index in [4.69, 9.17) is 24.3 Å². The Morgan fingerprint density at radius 3 is 1.45 bits per heavy atom. The Morgan fingerprint density at radius 1 is 0.684 bits per heavy atom. The molecule has 0 bridgehead atoms. The molecule has 0 atom stereocenters. The van der Waals surface area contributed by atoms with Crippen molar-refractivity contribution in [1.29, 1.82) is 0 Å². The lowest BCUT2D eigenvalue weighted by Crippen LogP contribution is -2.19. The summed E-state index contributed by atoms with van der Waals surface area (Å²) >= 11 is 0. The van der Waals surface area contributed by atoms with Gasteiger partial charge in [0.2, 0.25) is 0 Å². The van der Waals surface area contributed by atoms with Crippen LogP contribution in [0.1, 0.15) is 30.0 Å². The van der Waals surface area contributed by atoms with Gasteiger partial charge in [-0.2, -0.15) is 0 Å². The molecule has 10 nitrogen and oxygen atoms in total. The number of phosphoric acid groups is 2. The van der Waals surface area contributed by atoms with Crippen molar-refractivity contribution in [3.8, 4) is 17.2 Å². The van der Waals surface area contributed by atoms with Crippen molar-refractivity contribution in [2.75, 3.05) is 27.2 Å². The summed E-state index contributed by atoms with van der Waals surface area (Å²) in [6, 6.07) is 20.4. The van der Waals surface area contributed by atoms with Crippen molar-refractivity contribution in [2.24, 2.45) is 0 Å². The zero-order valence-corrected chi connectivity index (χ0v) is 23.0. The third-order valence-electron chi connectivity index (χ3n) is 5.40. The molecule has 3 rings (SSSR count). The summed E-state index contributed by atoms with van der Waals surface area (Å²) in [5.74, 6) is 0.789. The van der Waals surface area contributed by atoms with Gasteiger partial charge < -0.3 is 18.7 Å². The third kappa shape index (κ3) is 9.11. The van der Waals surface area contributed by atoms with Crippen molar-refractivity contribution >= 4 is 26.8 Å². The maximum Gasteiger partial charge on any atom is 0.524 e. The molecule has 4 N–H and O–H groups in total. The SMILES string of the molecule is CC/C(=C(/c1ccc(OCCN(C)C)cc1)c1ccc(OP(=O)(O)O)cc1)c1ccc(OP(=O)(O)O)cc1. The molecule has 0 aliphatic heterocycles. The fourth-order valence-electron chi connectivity index (χ4n) is 3.78. The van der Waals surface area contributed by atoms with Crippen molar-refractivity contribution in [3.63, 3.8) is 0 Å². The average Bonchev–Trinajstić information content (AvgIpc) is 2.82. The van der Waals surface area contributed by atoms with Crippen LogP contribution in [0.25, 0.3) is 11.1 Å². The van der Waals surface area contributed by atoms with Crippen LogP contribution in [-0.4, -0.2) is 51.7 Å². The van der Waals surface area contributed by atoms with E-state index in [1.165, 1.54) is 24.3 Å². The topological polar surface area (TPSA) is 146 Å². The van der Waals surface area contributed by atoms with Crippen LogP contribution in [0.3, 0.4) is 0 Å². The molecule has 12 heteroatoms. The second-order valence-electron chi connectivity index (χ2n) is 8.60. The number of rotatable bonds is 12. The molecule has 0 saturated heterocycles. The van der Waals surface area contributed by atoms with Gasteiger partial charge in [0, 0.05) is 6.54 Å². The maximum atomic E-state index is 11.2. The van der Waals surface area contributed by atoms with Gasteiger partial charge in [-0.3, -0.25) is 19.6 Å². The minimum Gasteiger partial charge on any atom is -0.492 e. The van der Waals surface area contributed by atoms with Crippen LogP contribution in [-0.2, 0) is 9.13 Å². The second-order valence-corrected chi connectivity index (χ2v) is 10.9. The first kappa shape index (κ1) is 29.6. The molecule has 0 aliphatic rings. The van der Waals surface area contributed by atoms with Crippen LogP contribution in [0.5, 0.6) is 17.2 Å². The molecule has 0 heterocycles. The summed E-state index contributed by atoms with van der Waals surface area (Å²) in [6.45, 7) is 3.30. The largest absolute Gasteiger partial charge is 0.524 e. The molecule has 204 valence electrons. The molecular weight excluding hydrogens is 532 g/mol. The second kappa shape index (κ2) is 12.7. The van der Waals surface area contributed by atoms with Crippen LogP contribution >= 0.6 is 15.6 Å². The Hall–Kier alpha value is -2.94. The number of nitrogens with zero attached hydrogens (tertiary/aromatic N) is 1. The first-order valence-corrected chi connectivity index (χ1v) is 14.7. The van der Waals surface area contributed by atoms with E-state index in [1.54, 1.807) is 24.3 Å². The lowest BCUT2D eigenvalue weighted by Gasteiger charge is -2.18. The van der Waals surface area contributed by atoms with E-state index in [9.17, 15) is 9.13 Å². The minimum atomic E-state index is -4.69. The molecule has 0 aromatic heterocycles. The van der Waals surface area contributed by atoms with E-state index >= 15 is 0 Å². The van der Waals surface area contributed by atoms with E-state index in [0.29, 0.717) is 13.0 Å². The zero-order chi connectivity index (χ0) is 27.9. The zero-order valence-electron chi connectivity index (χ0n) is 21.2. The standard InChI is InChI=1S/C26H31NO9P2/c1-4-25(19-5-13-23(14-6-19)35-37(28,29)30)26(21-9-15-24(16-10-21)36-38(31,32)33)20-7-11-22(12-8-20)34-18-17-27(2)3/h5-16H,4,17-18H2,1-3H3,(H2,28,29,30)(H2,31,32,33)/b26-25+. The van der Waals surface area contributed by atoms with Gasteiger partial charge in [-0.05, 0) is 84.8 Å². The molecule has 3 aromatic rings. The number of allylic oxidation sites excluding steroid dienone is 1. The summed E-state index contributed by atoms with van der Waals surface area (Å²) in [5, 5.41) is 0. The Balaban J connectivity index is 2.05. The highest BCUT2D eigenvalue weighted by Crippen LogP contribution is 2.41. The van der Waals surface area contributed by atoms with E-state index in [2.05, 4.69) is 9.05 Å². The van der Waals surface area contributed by atoms with Gasteiger partial charge in [-0.25, -0.2) is 9.13 Å². The smallest absolute Gasteiger partial charge is 0.492 e. The van der Waals surface area contributed by atoms with Gasteiger partial charge in [-0.1, -0.05) is 43.3 Å². The van der Waals surface area contributed by atoms with Gasteiger partial charge >= 0.3 is 15.6 Å². The first-order chi connectivity index (χ1) is 17.8. The summed E-state index contributed by atoms with van der Waals surface area (Å²) in [6.07, 6.45) is 0.607. The highest BCUT2D eigenvalue weighted by atomic mass is 31.2. The molecule has 0 fully saturated rings. The van der Waals surface area contributed by atoms with Crippen molar-refractivity contribution in [3.05, 3.63) is 89.5 Å². The van der Waals surface area contributed by atoms with Gasteiger partial charge in [0.15, 0.2) is 0 Å². The fraction of sp³-hybridized carbons (Fsp3) is 0.231. The average molecular weight is 563 g/mol. The first-order valence-electron chi connectivity index (χ1n) is 11.7. The maximum absolute atomic E-state index is 11.2. The molecule has 3 aromatic carbocycles. The number of likely N-dealkylation sites (N-methyl/N-ethyl adjacent to an activating group) is 1. The lowest BCUT2D eigenvalue weighted by molar-refractivity contribution is 0.261. The number of benzene rings is 3. The molecule has 0 amide bonds.